The molecule has 1 aromatic heterocycles. The van der Waals surface area contributed by atoms with E-state index in [0.717, 1.165) is 0 Å². The number of ether oxygens (including phenoxy) is 1. The lowest BCUT2D eigenvalue weighted by molar-refractivity contribution is 0.337. The van der Waals surface area contributed by atoms with E-state index in [9.17, 15) is 9.90 Å². The highest BCUT2D eigenvalue weighted by Gasteiger charge is 2.02. The van der Waals surface area contributed by atoms with Gasteiger partial charge in [0, 0.05) is 11.6 Å². The van der Waals surface area contributed by atoms with E-state index in [1.165, 1.54) is 17.4 Å². The molecule has 0 saturated carbocycles. The molecule has 18 heavy (non-hydrogen) atoms. The fraction of sp³-hybridized carbons (Fsp3) is 0.154. The number of hydrogen-bond donors (Lipinski definition) is 2. The van der Waals surface area contributed by atoms with Crippen molar-refractivity contribution in [2.24, 2.45) is 0 Å². The predicted molar refractivity (Wildman–Crippen MR) is 72.6 cm³/mol. The molecule has 5 heteroatoms. The second kappa shape index (κ2) is 5.10. The first-order chi connectivity index (χ1) is 8.60. The maximum absolute atomic E-state index is 11.5. The Morgan fingerprint density at radius 2 is 2.33 bits per heavy atom. The number of thiazole rings is 1. The van der Waals surface area contributed by atoms with Crippen LogP contribution in [0.15, 0.2) is 23.0 Å². The molecule has 0 unspecified atom stereocenters. The summed E-state index contributed by atoms with van der Waals surface area (Å²) < 4.78 is 6.38. The molecule has 1 heterocycles. The van der Waals surface area contributed by atoms with E-state index in [4.69, 9.17) is 4.74 Å². The Kier molecular flexibility index (Phi) is 3.53. The molecule has 2 aromatic rings. The molecular weight excluding hydrogens is 250 g/mol. The van der Waals surface area contributed by atoms with Crippen molar-refractivity contribution in [2.75, 3.05) is 6.61 Å². The smallest absolute Gasteiger partial charge is 0.266 e. The lowest BCUT2D eigenvalue weighted by atomic mass is 10.2. The van der Waals surface area contributed by atoms with E-state index < -0.39 is 0 Å². The molecule has 2 N–H and O–H groups in total. The maximum Gasteiger partial charge on any atom is 0.266 e. The highest BCUT2D eigenvalue weighted by molar-refractivity contribution is 7.07. The molecule has 0 spiro atoms. The van der Waals surface area contributed by atoms with Crippen LogP contribution in [-0.4, -0.2) is 16.7 Å². The molecule has 0 aliphatic rings. The molecule has 0 bridgehead atoms. The van der Waals surface area contributed by atoms with Crippen LogP contribution in [0, 0.1) is 0 Å². The van der Waals surface area contributed by atoms with Gasteiger partial charge in [0.25, 0.3) is 5.56 Å². The highest BCUT2D eigenvalue weighted by Crippen LogP contribution is 2.23. The number of hydrogen-bond acceptors (Lipinski definition) is 4. The standard InChI is InChI=1S/C13H13NO3S/c1-3-17-10-5-4-9(11(15)7-10)6-12-13(16)14-8(2)18-12/h4-7,15H,2-3H2,1H3,(H,14,16). The topological polar surface area (TPSA) is 62.3 Å². The third-order valence-corrected chi connectivity index (χ3v) is 3.18. The highest BCUT2D eigenvalue weighted by atomic mass is 32.1. The third kappa shape index (κ3) is 2.62. The minimum absolute atomic E-state index is 0.0827. The molecule has 4 nitrogen and oxygen atoms in total. The molecule has 0 atom stereocenters. The fourth-order valence-electron chi connectivity index (χ4n) is 1.53. The first-order valence-electron chi connectivity index (χ1n) is 5.45. The molecule has 0 aliphatic heterocycles. The molecule has 94 valence electrons. The van der Waals surface area contributed by atoms with Gasteiger partial charge in [-0.15, -0.1) is 11.3 Å². The molecule has 0 saturated heterocycles. The minimum atomic E-state index is -0.196. The Labute approximate surface area is 107 Å². The number of H-pyrrole nitrogens is 1. The summed E-state index contributed by atoms with van der Waals surface area (Å²) in [6.07, 6.45) is 1.63. The van der Waals surface area contributed by atoms with Gasteiger partial charge in [-0.2, -0.15) is 0 Å². The van der Waals surface area contributed by atoms with Gasteiger partial charge in [0.2, 0.25) is 0 Å². The summed E-state index contributed by atoms with van der Waals surface area (Å²) in [5, 5.41) is 9.84. The second-order valence-corrected chi connectivity index (χ2v) is 4.78. The van der Waals surface area contributed by atoms with Crippen LogP contribution in [0.4, 0.5) is 0 Å². The van der Waals surface area contributed by atoms with Gasteiger partial charge in [-0.25, -0.2) is 0 Å². The van der Waals surface area contributed by atoms with Crippen LogP contribution in [0.3, 0.4) is 0 Å². The summed E-state index contributed by atoms with van der Waals surface area (Å²) >= 11 is 1.26. The first kappa shape index (κ1) is 12.4. The van der Waals surface area contributed by atoms with Gasteiger partial charge in [-0.3, -0.25) is 4.79 Å². The Morgan fingerprint density at radius 3 is 2.89 bits per heavy atom. The number of nitrogens with one attached hydrogen (secondary N) is 1. The second-order valence-electron chi connectivity index (χ2n) is 3.64. The molecule has 0 aliphatic carbocycles. The quantitative estimate of drug-likeness (QED) is 0.860. The Morgan fingerprint density at radius 1 is 1.56 bits per heavy atom. The summed E-state index contributed by atoms with van der Waals surface area (Å²) in [6.45, 7) is 6.08. The summed E-state index contributed by atoms with van der Waals surface area (Å²) in [4.78, 5) is 14.1. The van der Waals surface area contributed by atoms with Crippen molar-refractivity contribution in [3.63, 3.8) is 0 Å². The van der Waals surface area contributed by atoms with Gasteiger partial charge in [-0.1, -0.05) is 6.58 Å². The Hall–Kier alpha value is -2.01. The van der Waals surface area contributed by atoms with Crippen molar-refractivity contribution in [3.05, 3.63) is 43.3 Å². The molecule has 2 rings (SSSR count). The zero-order valence-corrected chi connectivity index (χ0v) is 10.7. The zero-order chi connectivity index (χ0) is 13.1. The normalized spacial score (nSPS) is 11.7. The largest absolute Gasteiger partial charge is 0.507 e. The van der Waals surface area contributed by atoms with Crippen molar-refractivity contribution in [1.82, 2.24) is 4.98 Å². The van der Waals surface area contributed by atoms with E-state index in [-0.39, 0.29) is 11.3 Å². The number of phenolic OH excluding ortho intramolecular Hbond substituents is 1. The molecule has 0 fully saturated rings. The molecular formula is C13H13NO3S. The van der Waals surface area contributed by atoms with Crippen molar-refractivity contribution < 1.29 is 9.84 Å². The molecule has 0 radical (unpaired) electrons. The van der Waals surface area contributed by atoms with Crippen molar-refractivity contribution in [2.45, 2.75) is 6.92 Å². The number of aromatic hydroxyl groups is 1. The number of aromatic nitrogens is 1. The van der Waals surface area contributed by atoms with Crippen LogP contribution in [0.5, 0.6) is 11.5 Å². The van der Waals surface area contributed by atoms with E-state index in [1.807, 2.05) is 6.92 Å². The fourth-order valence-corrected chi connectivity index (χ4v) is 2.27. The van der Waals surface area contributed by atoms with Gasteiger partial charge in [-0.05, 0) is 25.1 Å². The maximum atomic E-state index is 11.5. The summed E-state index contributed by atoms with van der Waals surface area (Å²) in [7, 11) is 0. The van der Waals surface area contributed by atoms with E-state index in [0.29, 0.717) is 27.1 Å². The van der Waals surface area contributed by atoms with Crippen LogP contribution in [0.1, 0.15) is 12.5 Å². The summed E-state index contributed by atoms with van der Waals surface area (Å²) in [5.74, 6) is 0.685. The first-order valence-corrected chi connectivity index (χ1v) is 6.27. The van der Waals surface area contributed by atoms with Gasteiger partial charge in [0.1, 0.15) is 11.5 Å². The van der Waals surface area contributed by atoms with Crippen LogP contribution >= 0.6 is 11.3 Å². The average Bonchev–Trinajstić information content (AvgIpc) is 2.62. The molecule has 1 aromatic carbocycles. The van der Waals surface area contributed by atoms with Gasteiger partial charge in [0.15, 0.2) is 0 Å². The SMILES string of the molecule is C=c1[nH]c(=O)c(=Cc2ccc(OCC)cc2O)s1. The lowest BCUT2D eigenvalue weighted by Crippen LogP contribution is -2.19. The number of phenols is 1. The third-order valence-electron chi connectivity index (χ3n) is 2.31. The monoisotopic (exact) mass is 263 g/mol. The van der Waals surface area contributed by atoms with Crippen molar-refractivity contribution >= 4 is 24.0 Å². The van der Waals surface area contributed by atoms with E-state index in [1.54, 1.807) is 18.2 Å². The Bertz CT molecular complexity index is 715. The van der Waals surface area contributed by atoms with Crippen LogP contribution in [0.25, 0.3) is 12.7 Å². The van der Waals surface area contributed by atoms with Crippen LogP contribution in [-0.2, 0) is 0 Å². The number of rotatable bonds is 3. The van der Waals surface area contributed by atoms with Crippen molar-refractivity contribution in [3.8, 4) is 11.5 Å². The van der Waals surface area contributed by atoms with Crippen LogP contribution < -0.4 is 19.5 Å². The summed E-state index contributed by atoms with van der Waals surface area (Å²) in [5.41, 5.74) is 0.379. The molecule has 0 amide bonds. The predicted octanol–water partition coefficient (Wildman–Crippen LogP) is 0.780. The lowest BCUT2D eigenvalue weighted by Gasteiger charge is -2.04. The number of benzene rings is 1. The average molecular weight is 263 g/mol. The van der Waals surface area contributed by atoms with Gasteiger partial charge >= 0.3 is 0 Å². The van der Waals surface area contributed by atoms with Crippen LogP contribution in [0.2, 0.25) is 0 Å². The van der Waals surface area contributed by atoms with Crippen molar-refractivity contribution in [1.29, 1.82) is 0 Å². The summed E-state index contributed by atoms with van der Waals surface area (Å²) in [6, 6.07) is 4.99. The van der Waals surface area contributed by atoms with E-state index >= 15 is 0 Å². The number of aromatic amines is 1. The van der Waals surface area contributed by atoms with Gasteiger partial charge < -0.3 is 14.8 Å². The minimum Gasteiger partial charge on any atom is -0.507 e. The van der Waals surface area contributed by atoms with E-state index in [2.05, 4.69) is 11.6 Å². The Balaban J connectivity index is 2.47. The zero-order valence-electron chi connectivity index (χ0n) is 9.90. The van der Waals surface area contributed by atoms with Gasteiger partial charge in [0.05, 0.1) is 15.8 Å².